The van der Waals surface area contributed by atoms with E-state index in [1.54, 1.807) is 0 Å². The maximum Gasteiger partial charge on any atom is 0.137 e. The summed E-state index contributed by atoms with van der Waals surface area (Å²) in [5, 5.41) is 0. The number of hydrogen-bond donors (Lipinski definition) is 0. The molecule has 0 aromatic heterocycles. The molecule has 4 nitrogen and oxygen atoms in total. The zero-order chi connectivity index (χ0) is 9.03. The summed E-state index contributed by atoms with van der Waals surface area (Å²) >= 11 is 0. The van der Waals surface area contributed by atoms with E-state index in [4.69, 9.17) is 4.74 Å². The van der Waals surface area contributed by atoms with Crippen LogP contribution in [0.2, 0.25) is 0 Å². The van der Waals surface area contributed by atoms with Gasteiger partial charge in [0.25, 0.3) is 0 Å². The van der Waals surface area contributed by atoms with Gasteiger partial charge in [-0.1, -0.05) is 19.3 Å². The van der Waals surface area contributed by atoms with E-state index < -0.39 is 16.1 Å². The summed E-state index contributed by atoms with van der Waals surface area (Å²) in [6.07, 6.45) is 5.09. The minimum absolute atomic E-state index is 0.0116. The van der Waals surface area contributed by atoms with E-state index in [1.807, 2.05) is 0 Å². The first-order valence-corrected chi connectivity index (χ1v) is 5.71. The molecule has 0 aliphatic heterocycles. The van der Waals surface area contributed by atoms with Gasteiger partial charge in [0.2, 0.25) is 0 Å². The molecule has 0 bridgehead atoms. The van der Waals surface area contributed by atoms with Crippen molar-refractivity contribution in [2.45, 2.75) is 38.2 Å². The largest absolute Gasteiger partial charge is 0.746 e. The number of rotatable bonds is 3. The van der Waals surface area contributed by atoms with E-state index in [1.165, 1.54) is 6.42 Å². The minimum Gasteiger partial charge on any atom is -0.746 e. The van der Waals surface area contributed by atoms with Gasteiger partial charge >= 0.3 is 0 Å². The number of ether oxygens (including phenoxy) is 1. The lowest BCUT2D eigenvalue weighted by Gasteiger charge is -2.22. The monoisotopic (exact) mass is 193 g/mol. The molecule has 0 atom stereocenters. The van der Waals surface area contributed by atoms with Crippen molar-refractivity contribution < 1.29 is 17.7 Å². The molecule has 72 valence electrons. The Morgan fingerprint density at radius 3 is 2.33 bits per heavy atom. The van der Waals surface area contributed by atoms with Crippen LogP contribution in [0.5, 0.6) is 0 Å². The van der Waals surface area contributed by atoms with Crippen LogP contribution in [0, 0.1) is 0 Å². The van der Waals surface area contributed by atoms with Crippen LogP contribution >= 0.6 is 0 Å². The maximum absolute atomic E-state index is 10.2. The fourth-order valence-electron chi connectivity index (χ4n) is 1.41. The normalized spacial score (nSPS) is 21.1. The Labute approximate surface area is 72.7 Å². The summed E-state index contributed by atoms with van der Waals surface area (Å²) in [6, 6.07) is 0. The summed E-state index contributed by atoms with van der Waals surface area (Å²) in [5.41, 5.74) is 0. The lowest BCUT2D eigenvalue weighted by Crippen LogP contribution is -2.20. The smallest absolute Gasteiger partial charge is 0.137 e. The van der Waals surface area contributed by atoms with Gasteiger partial charge in [0.05, 0.1) is 6.10 Å². The van der Waals surface area contributed by atoms with Crippen molar-refractivity contribution in [3.63, 3.8) is 0 Å². The molecule has 0 spiro atoms. The lowest BCUT2D eigenvalue weighted by atomic mass is 9.98. The van der Waals surface area contributed by atoms with Crippen molar-refractivity contribution in [2.75, 3.05) is 5.94 Å². The van der Waals surface area contributed by atoms with Gasteiger partial charge in [0.15, 0.2) is 0 Å². The highest BCUT2D eigenvalue weighted by Crippen LogP contribution is 2.20. The van der Waals surface area contributed by atoms with Crippen molar-refractivity contribution >= 4 is 10.1 Å². The summed E-state index contributed by atoms with van der Waals surface area (Å²) in [6.45, 7) is 0. The van der Waals surface area contributed by atoms with Gasteiger partial charge in [-0.05, 0) is 12.8 Å². The van der Waals surface area contributed by atoms with Crippen LogP contribution in [0.15, 0.2) is 0 Å². The standard InChI is InChI=1S/C7H14O4S/c8-12(9,10)6-11-7-4-2-1-3-5-7/h7H,1-6H2,(H,8,9,10)/p-1. The van der Waals surface area contributed by atoms with Gasteiger partial charge in [0, 0.05) is 0 Å². The average molecular weight is 193 g/mol. The second-order valence-electron chi connectivity index (χ2n) is 3.10. The first kappa shape index (κ1) is 9.95. The molecule has 1 saturated carbocycles. The summed E-state index contributed by atoms with van der Waals surface area (Å²) in [4.78, 5) is 0. The van der Waals surface area contributed by atoms with Gasteiger partial charge in [-0.15, -0.1) is 0 Å². The van der Waals surface area contributed by atoms with Gasteiger partial charge in [-0.2, -0.15) is 0 Å². The summed E-state index contributed by atoms with van der Waals surface area (Å²) in [5.74, 6) is -0.669. The van der Waals surface area contributed by atoms with E-state index in [-0.39, 0.29) is 6.10 Å². The van der Waals surface area contributed by atoms with E-state index in [0.717, 1.165) is 25.7 Å². The minimum atomic E-state index is -4.20. The Bertz CT molecular complexity index is 216. The fraction of sp³-hybridized carbons (Fsp3) is 1.00. The van der Waals surface area contributed by atoms with E-state index in [2.05, 4.69) is 0 Å². The molecule has 0 saturated heterocycles. The second-order valence-corrected chi connectivity index (χ2v) is 4.45. The molecule has 0 amide bonds. The Morgan fingerprint density at radius 2 is 1.83 bits per heavy atom. The molecule has 0 heterocycles. The van der Waals surface area contributed by atoms with Crippen LogP contribution in [0.25, 0.3) is 0 Å². The average Bonchev–Trinajstić information content (AvgIpc) is 2.02. The van der Waals surface area contributed by atoms with Gasteiger partial charge < -0.3 is 9.29 Å². The second kappa shape index (κ2) is 4.20. The Hall–Kier alpha value is -0.130. The molecule has 1 rings (SSSR count). The SMILES string of the molecule is O=S(=O)([O-])COC1CCCCC1. The zero-order valence-corrected chi connectivity index (χ0v) is 7.68. The van der Waals surface area contributed by atoms with Crippen LogP contribution in [-0.2, 0) is 14.9 Å². The highest BCUT2D eigenvalue weighted by Gasteiger charge is 2.14. The summed E-state index contributed by atoms with van der Waals surface area (Å²) in [7, 11) is -4.20. The Kier molecular flexibility index (Phi) is 3.49. The molecular formula is C7H13O4S-. The van der Waals surface area contributed by atoms with Gasteiger partial charge in [-0.25, -0.2) is 8.42 Å². The van der Waals surface area contributed by atoms with E-state index in [9.17, 15) is 13.0 Å². The topological polar surface area (TPSA) is 66.4 Å². The zero-order valence-electron chi connectivity index (χ0n) is 6.86. The predicted molar refractivity (Wildman–Crippen MR) is 42.5 cm³/mol. The molecule has 12 heavy (non-hydrogen) atoms. The van der Waals surface area contributed by atoms with Crippen LogP contribution in [0.4, 0.5) is 0 Å². The van der Waals surface area contributed by atoms with Gasteiger partial charge in [0.1, 0.15) is 16.1 Å². The van der Waals surface area contributed by atoms with Crippen LogP contribution in [0.1, 0.15) is 32.1 Å². The lowest BCUT2D eigenvalue weighted by molar-refractivity contribution is 0.0537. The third kappa shape index (κ3) is 4.04. The van der Waals surface area contributed by atoms with Crippen LogP contribution in [0.3, 0.4) is 0 Å². The number of hydrogen-bond acceptors (Lipinski definition) is 4. The molecule has 1 fully saturated rings. The van der Waals surface area contributed by atoms with Crippen molar-refractivity contribution in [2.24, 2.45) is 0 Å². The molecule has 5 heteroatoms. The fourth-order valence-corrected chi connectivity index (χ4v) is 1.77. The first-order valence-electron chi connectivity index (χ1n) is 4.13. The highest BCUT2D eigenvalue weighted by atomic mass is 32.2. The molecular weight excluding hydrogens is 180 g/mol. The van der Waals surface area contributed by atoms with Crippen LogP contribution < -0.4 is 0 Å². The molecule has 0 aromatic carbocycles. The van der Waals surface area contributed by atoms with E-state index in [0.29, 0.717) is 0 Å². The van der Waals surface area contributed by atoms with Crippen molar-refractivity contribution in [1.29, 1.82) is 0 Å². The van der Waals surface area contributed by atoms with E-state index >= 15 is 0 Å². The van der Waals surface area contributed by atoms with Gasteiger partial charge in [-0.3, -0.25) is 0 Å². The highest BCUT2D eigenvalue weighted by molar-refractivity contribution is 7.85. The maximum atomic E-state index is 10.2. The molecule has 1 aliphatic rings. The van der Waals surface area contributed by atoms with Crippen molar-refractivity contribution in [3.8, 4) is 0 Å². The third-order valence-electron chi connectivity index (χ3n) is 2.00. The molecule has 1 aliphatic carbocycles. The predicted octanol–water partition coefficient (Wildman–Crippen LogP) is 0.838. The quantitative estimate of drug-likeness (QED) is 0.623. The van der Waals surface area contributed by atoms with Crippen molar-refractivity contribution in [1.82, 2.24) is 0 Å². The molecule has 0 radical (unpaired) electrons. The van der Waals surface area contributed by atoms with Crippen LogP contribution in [-0.4, -0.2) is 25.0 Å². The third-order valence-corrected chi connectivity index (χ3v) is 2.43. The Balaban J connectivity index is 2.22. The first-order chi connectivity index (χ1) is 5.58. The van der Waals surface area contributed by atoms with Crippen molar-refractivity contribution in [3.05, 3.63) is 0 Å². The molecule has 0 aromatic rings. The Morgan fingerprint density at radius 1 is 1.25 bits per heavy atom. The molecule has 0 N–H and O–H groups in total. The molecule has 0 unspecified atom stereocenters. The summed E-state index contributed by atoms with van der Waals surface area (Å²) < 4.78 is 35.5.